The Morgan fingerprint density at radius 1 is 0.960 bits per heavy atom. The molecule has 0 fully saturated rings. The molecule has 0 amide bonds. The van der Waals surface area contributed by atoms with Crippen LogP contribution in [0.3, 0.4) is 0 Å². The lowest BCUT2D eigenvalue weighted by atomic mass is 10.1. The summed E-state index contributed by atoms with van der Waals surface area (Å²) in [4.78, 5) is 11.3. The summed E-state index contributed by atoms with van der Waals surface area (Å²) in [6.45, 7) is 0. The molecule has 0 saturated heterocycles. The molecule has 6 heteroatoms. The molecule has 0 radical (unpaired) electrons. The number of aromatic carboxylic acids is 1. The normalized spacial score (nSPS) is 13.1. The van der Waals surface area contributed by atoms with Crippen LogP contribution in [0.4, 0.5) is 5.69 Å². The van der Waals surface area contributed by atoms with E-state index in [0.717, 1.165) is 29.4 Å². The Kier molecular flexibility index (Phi) is 3.51. The van der Waals surface area contributed by atoms with Gasteiger partial charge in [0.1, 0.15) is 0 Å². The molecule has 126 valence electrons. The first kappa shape index (κ1) is 15.7. The number of aryl methyl sites for hydroxylation is 2. The summed E-state index contributed by atoms with van der Waals surface area (Å²) in [5.74, 6) is -1.11. The molecule has 0 heterocycles. The average Bonchev–Trinajstić information content (AvgIpc) is 3.00. The molecule has 0 unspecified atom stereocenters. The molecule has 0 spiro atoms. The van der Waals surface area contributed by atoms with Crippen molar-refractivity contribution >= 4 is 32.5 Å². The van der Waals surface area contributed by atoms with E-state index >= 15 is 0 Å². The van der Waals surface area contributed by atoms with Gasteiger partial charge < -0.3 is 5.11 Å². The summed E-state index contributed by atoms with van der Waals surface area (Å²) < 4.78 is 28.3. The Morgan fingerprint density at radius 3 is 2.44 bits per heavy atom. The molecule has 1 aliphatic rings. The van der Waals surface area contributed by atoms with Crippen LogP contribution in [0.15, 0.2) is 59.5 Å². The Morgan fingerprint density at radius 2 is 1.68 bits per heavy atom. The van der Waals surface area contributed by atoms with E-state index in [9.17, 15) is 13.2 Å². The molecule has 2 N–H and O–H groups in total. The van der Waals surface area contributed by atoms with E-state index in [1.54, 1.807) is 6.07 Å². The number of benzene rings is 3. The number of hydrogen-bond donors (Lipinski definition) is 2. The van der Waals surface area contributed by atoms with Crippen molar-refractivity contribution in [3.8, 4) is 0 Å². The molecule has 0 saturated carbocycles. The van der Waals surface area contributed by atoms with Crippen LogP contribution in [-0.2, 0) is 22.9 Å². The zero-order valence-electron chi connectivity index (χ0n) is 13.2. The van der Waals surface area contributed by atoms with Crippen molar-refractivity contribution in [2.45, 2.75) is 17.7 Å². The predicted octanol–water partition coefficient (Wildman–Crippen LogP) is 3.44. The smallest absolute Gasteiger partial charge is 0.335 e. The maximum absolute atomic E-state index is 12.9. The maximum Gasteiger partial charge on any atom is 0.335 e. The fraction of sp³-hybridized carbons (Fsp3) is 0.105. The Hall–Kier alpha value is -2.86. The van der Waals surface area contributed by atoms with Gasteiger partial charge >= 0.3 is 5.97 Å². The number of carboxylic acids is 1. The fourth-order valence-corrected chi connectivity index (χ4v) is 4.63. The first-order valence-electron chi connectivity index (χ1n) is 7.85. The molecular weight excluding hydrogens is 338 g/mol. The number of carboxylic acid groups (broad SMARTS) is 1. The lowest BCUT2D eigenvalue weighted by molar-refractivity contribution is 0.0697. The second-order valence-electron chi connectivity index (χ2n) is 6.05. The number of sulfonamides is 1. The van der Waals surface area contributed by atoms with Gasteiger partial charge in [0.15, 0.2) is 0 Å². The zero-order valence-corrected chi connectivity index (χ0v) is 14.0. The lowest BCUT2D eigenvalue weighted by Gasteiger charge is -2.12. The van der Waals surface area contributed by atoms with Crippen molar-refractivity contribution in [3.05, 3.63) is 71.3 Å². The first-order valence-corrected chi connectivity index (χ1v) is 9.34. The average molecular weight is 353 g/mol. The van der Waals surface area contributed by atoms with Crippen molar-refractivity contribution in [2.75, 3.05) is 4.72 Å². The van der Waals surface area contributed by atoms with E-state index in [-0.39, 0.29) is 16.1 Å². The highest BCUT2D eigenvalue weighted by Gasteiger charge is 2.22. The molecule has 1 aliphatic carbocycles. The van der Waals surface area contributed by atoms with Crippen LogP contribution in [0, 0.1) is 0 Å². The minimum absolute atomic E-state index is 0.0283. The van der Waals surface area contributed by atoms with Gasteiger partial charge in [-0.1, -0.05) is 30.3 Å². The van der Waals surface area contributed by atoms with Gasteiger partial charge in [-0.15, -0.1) is 0 Å². The molecule has 3 aromatic rings. The third kappa shape index (κ3) is 2.64. The highest BCUT2D eigenvalue weighted by atomic mass is 32.2. The maximum atomic E-state index is 12.9. The highest BCUT2D eigenvalue weighted by molar-refractivity contribution is 7.93. The molecule has 0 atom stereocenters. The molecule has 0 aromatic heterocycles. The van der Waals surface area contributed by atoms with Gasteiger partial charge in [-0.25, -0.2) is 13.2 Å². The van der Waals surface area contributed by atoms with Gasteiger partial charge in [0.25, 0.3) is 10.0 Å². The zero-order chi connectivity index (χ0) is 17.6. The second kappa shape index (κ2) is 5.60. The standard InChI is InChI=1S/C19H15NO4S/c21-19(22)14-4-1-5-15(11-14)20-25(23,24)17-10-9-13-8-7-12-3-2-6-16(17)18(12)13/h1-6,9-11,20H,7-8H2,(H,21,22). The second-order valence-corrected chi connectivity index (χ2v) is 7.70. The SMILES string of the molecule is O=C(O)c1cccc(NS(=O)(=O)c2ccc3c4c(cccc24)CC3)c1. The predicted molar refractivity (Wildman–Crippen MR) is 95.6 cm³/mol. The molecule has 3 aromatic carbocycles. The highest BCUT2D eigenvalue weighted by Crippen LogP contribution is 2.35. The van der Waals surface area contributed by atoms with E-state index in [1.807, 2.05) is 24.3 Å². The molecule has 4 rings (SSSR count). The molecule has 5 nitrogen and oxygen atoms in total. The van der Waals surface area contributed by atoms with Crippen LogP contribution in [-0.4, -0.2) is 19.5 Å². The summed E-state index contributed by atoms with van der Waals surface area (Å²) in [5.41, 5.74) is 2.58. The number of nitrogens with one attached hydrogen (secondary N) is 1. The van der Waals surface area contributed by atoms with Crippen molar-refractivity contribution in [2.24, 2.45) is 0 Å². The monoisotopic (exact) mass is 353 g/mol. The van der Waals surface area contributed by atoms with Gasteiger partial charge in [-0.2, -0.15) is 0 Å². The molecule has 0 aliphatic heterocycles. The number of anilines is 1. The number of rotatable bonds is 4. The topological polar surface area (TPSA) is 83.5 Å². The molecule has 25 heavy (non-hydrogen) atoms. The first-order chi connectivity index (χ1) is 12.0. The van der Waals surface area contributed by atoms with E-state index < -0.39 is 16.0 Å². The van der Waals surface area contributed by atoms with Crippen molar-refractivity contribution in [1.82, 2.24) is 0 Å². The van der Waals surface area contributed by atoms with Crippen LogP contribution < -0.4 is 4.72 Å². The third-order valence-corrected chi connectivity index (χ3v) is 5.93. The summed E-state index contributed by atoms with van der Waals surface area (Å²) in [5, 5.41) is 10.8. The Labute approximate surface area is 145 Å². The van der Waals surface area contributed by atoms with Crippen LogP contribution in [0.25, 0.3) is 10.8 Å². The van der Waals surface area contributed by atoms with Crippen molar-refractivity contribution in [1.29, 1.82) is 0 Å². The van der Waals surface area contributed by atoms with Gasteiger partial charge in [0.2, 0.25) is 0 Å². The van der Waals surface area contributed by atoms with Crippen LogP contribution in [0.1, 0.15) is 21.5 Å². The minimum atomic E-state index is -3.83. The van der Waals surface area contributed by atoms with Crippen LogP contribution >= 0.6 is 0 Å². The Balaban J connectivity index is 1.81. The van der Waals surface area contributed by atoms with Gasteiger partial charge in [-0.3, -0.25) is 4.72 Å². The fourth-order valence-electron chi connectivity index (χ4n) is 3.38. The largest absolute Gasteiger partial charge is 0.478 e. The Bertz CT molecular complexity index is 1110. The van der Waals surface area contributed by atoms with E-state index in [4.69, 9.17) is 5.11 Å². The summed E-state index contributed by atoms with van der Waals surface area (Å²) in [6, 6.07) is 15.0. The quantitative estimate of drug-likeness (QED) is 0.753. The lowest BCUT2D eigenvalue weighted by Crippen LogP contribution is -2.14. The number of carbonyl (C=O) groups is 1. The summed E-state index contributed by atoms with van der Waals surface area (Å²) >= 11 is 0. The molecule has 0 bridgehead atoms. The van der Waals surface area contributed by atoms with E-state index in [2.05, 4.69) is 4.72 Å². The van der Waals surface area contributed by atoms with Gasteiger partial charge in [-0.05, 0) is 53.6 Å². The van der Waals surface area contributed by atoms with Gasteiger partial charge in [0, 0.05) is 11.1 Å². The van der Waals surface area contributed by atoms with Crippen molar-refractivity contribution in [3.63, 3.8) is 0 Å². The third-order valence-electron chi connectivity index (χ3n) is 4.49. The van der Waals surface area contributed by atoms with E-state index in [0.29, 0.717) is 5.39 Å². The minimum Gasteiger partial charge on any atom is -0.478 e. The molecular formula is C19H15NO4S. The summed E-state index contributed by atoms with van der Waals surface area (Å²) in [6.07, 6.45) is 1.84. The van der Waals surface area contributed by atoms with Gasteiger partial charge in [0.05, 0.1) is 10.5 Å². The van der Waals surface area contributed by atoms with Crippen molar-refractivity contribution < 1.29 is 18.3 Å². The van der Waals surface area contributed by atoms with E-state index in [1.165, 1.54) is 24.3 Å². The van der Waals surface area contributed by atoms with Crippen LogP contribution in [0.2, 0.25) is 0 Å². The van der Waals surface area contributed by atoms with Crippen LogP contribution in [0.5, 0.6) is 0 Å². The number of hydrogen-bond acceptors (Lipinski definition) is 3. The summed E-state index contributed by atoms with van der Waals surface area (Å²) in [7, 11) is -3.83.